The van der Waals surface area contributed by atoms with E-state index in [1.54, 1.807) is 19.2 Å². The summed E-state index contributed by atoms with van der Waals surface area (Å²) in [6, 6.07) is 10.4. The van der Waals surface area contributed by atoms with Crippen molar-refractivity contribution in [3.63, 3.8) is 0 Å². The van der Waals surface area contributed by atoms with E-state index in [1.807, 2.05) is 26.0 Å². The molecule has 2 aromatic carbocycles. The van der Waals surface area contributed by atoms with E-state index in [9.17, 15) is 4.39 Å². The molecule has 23 heavy (non-hydrogen) atoms. The van der Waals surface area contributed by atoms with Crippen LogP contribution in [-0.2, 0) is 13.1 Å². The largest absolute Gasteiger partial charge is 0.493 e. The number of hydrogen-bond acceptors (Lipinski definition) is 3. The number of halogens is 2. The molecule has 0 aromatic heterocycles. The summed E-state index contributed by atoms with van der Waals surface area (Å²) in [5.41, 5.74) is 2.11. The summed E-state index contributed by atoms with van der Waals surface area (Å²) in [5.74, 6) is 1.21. The first-order valence-corrected chi connectivity index (χ1v) is 8.27. The second-order valence-corrected chi connectivity index (χ2v) is 6.35. The summed E-state index contributed by atoms with van der Waals surface area (Å²) in [6.45, 7) is 5.28. The smallest absolute Gasteiger partial charge is 0.162 e. The van der Waals surface area contributed by atoms with Crippen molar-refractivity contribution in [3.8, 4) is 11.5 Å². The van der Waals surface area contributed by atoms with Crippen molar-refractivity contribution < 1.29 is 13.9 Å². The van der Waals surface area contributed by atoms with Gasteiger partial charge in [-0.15, -0.1) is 0 Å². The number of benzene rings is 2. The molecule has 0 saturated heterocycles. The highest BCUT2D eigenvalue weighted by Crippen LogP contribution is 2.34. The minimum atomic E-state index is -0.220. The average molecular weight is 382 g/mol. The van der Waals surface area contributed by atoms with Gasteiger partial charge in [-0.1, -0.05) is 28.1 Å². The highest BCUT2D eigenvalue weighted by molar-refractivity contribution is 9.10. The molecule has 124 valence electrons. The lowest BCUT2D eigenvalue weighted by Gasteiger charge is -2.16. The molecule has 3 nitrogen and oxygen atoms in total. The zero-order chi connectivity index (χ0) is 16.8. The third kappa shape index (κ3) is 5.22. The van der Waals surface area contributed by atoms with Crippen LogP contribution < -0.4 is 14.8 Å². The Labute approximate surface area is 144 Å². The molecule has 2 rings (SSSR count). The molecule has 0 spiro atoms. The Balaban J connectivity index is 2.03. The van der Waals surface area contributed by atoms with Gasteiger partial charge in [-0.3, -0.25) is 0 Å². The number of ether oxygens (including phenoxy) is 2. The van der Waals surface area contributed by atoms with Crippen molar-refractivity contribution in [2.24, 2.45) is 0 Å². The van der Waals surface area contributed by atoms with Crippen molar-refractivity contribution in [2.45, 2.75) is 33.0 Å². The van der Waals surface area contributed by atoms with E-state index in [0.29, 0.717) is 18.8 Å². The van der Waals surface area contributed by atoms with Crippen LogP contribution in [-0.4, -0.2) is 13.2 Å². The Morgan fingerprint density at radius 2 is 1.78 bits per heavy atom. The van der Waals surface area contributed by atoms with Gasteiger partial charge in [0.2, 0.25) is 0 Å². The van der Waals surface area contributed by atoms with Gasteiger partial charge in [0, 0.05) is 17.6 Å². The molecule has 0 atom stereocenters. The van der Waals surface area contributed by atoms with E-state index in [-0.39, 0.29) is 11.9 Å². The van der Waals surface area contributed by atoms with Gasteiger partial charge >= 0.3 is 0 Å². The van der Waals surface area contributed by atoms with E-state index in [0.717, 1.165) is 21.3 Å². The topological polar surface area (TPSA) is 30.5 Å². The molecule has 2 aromatic rings. The Hall–Kier alpha value is -1.59. The van der Waals surface area contributed by atoms with Crippen LogP contribution in [0.15, 0.2) is 40.9 Å². The van der Waals surface area contributed by atoms with E-state index < -0.39 is 0 Å². The first-order valence-electron chi connectivity index (χ1n) is 7.48. The van der Waals surface area contributed by atoms with Crippen LogP contribution >= 0.6 is 15.9 Å². The molecule has 0 saturated carbocycles. The van der Waals surface area contributed by atoms with Crippen LogP contribution in [0.2, 0.25) is 0 Å². The highest BCUT2D eigenvalue weighted by Gasteiger charge is 2.11. The first kappa shape index (κ1) is 17.8. The molecule has 0 aliphatic carbocycles. The number of nitrogens with one attached hydrogen (secondary N) is 1. The molecular formula is C18H21BrFNO2. The molecular weight excluding hydrogens is 361 g/mol. The summed E-state index contributed by atoms with van der Waals surface area (Å²) >= 11 is 3.57. The predicted octanol–water partition coefficient (Wildman–Crippen LogP) is 4.67. The van der Waals surface area contributed by atoms with E-state index in [2.05, 4.69) is 21.2 Å². The predicted molar refractivity (Wildman–Crippen MR) is 93.4 cm³/mol. The van der Waals surface area contributed by atoms with E-state index in [1.165, 1.54) is 12.1 Å². The summed E-state index contributed by atoms with van der Waals surface area (Å²) in [6.07, 6.45) is 0.0817. The summed E-state index contributed by atoms with van der Waals surface area (Å²) in [5, 5.41) is 3.34. The number of hydrogen-bond donors (Lipinski definition) is 1. The van der Waals surface area contributed by atoms with Crippen LogP contribution in [0.4, 0.5) is 4.39 Å². The van der Waals surface area contributed by atoms with Crippen LogP contribution in [0.3, 0.4) is 0 Å². The maximum atomic E-state index is 12.9. The van der Waals surface area contributed by atoms with Gasteiger partial charge in [0.25, 0.3) is 0 Å². The van der Waals surface area contributed by atoms with Crippen molar-refractivity contribution in [1.82, 2.24) is 5.32 Å². The maximum Gasteiger partial charge on any atom is 0.162 e. The fourth-order valence-electron chi connectivity index (χ4n) is 2.16. The van der Waals surface area contributed by atoms with Gasteiger partial charge in [-0.25, -0.2) is 4.39 Å². The second-order valence-electron chi connectivity index (χ2n) is 5.49. The quantitative estimate of drug-likeness (QED) is 0.755. The third-order valence-corrected chi connectivity index (χ3v) is 3.99. The van der Waals surface area contributed by atoms with Gasteiger partial charge in [0.05, 0.1) is 13.2 Å². The Bertz CT molecular complexity index is 644. The van der Waals surface area contributed by atoms with Gasteiger partial charge < -0.3 is 14.8 Å². The molecule has 0 fully saturated rings. The Morgan fingerprint density at radius 3 is 2.39 bits per heavy atom. The zero-order valence-corrected chi connectivity index (χ0v) is 15.1. The summed E-state index contributed by atoms with van der Waals surface area (Å²) in [4.78, 5) is 0. The lowest BCUT2D eigenvalue weighted by Crippen LogP contribution is -2.13. The fraction of sp³-hybridized carbons (Fsp3) is 0.333. The zero-order valence-electron chi connectivity index (χ0n) is 13.5. The van der Waals surface area contributed by atoms with Crippen LogP contribution in [0.1, 0.15) is 25.0 Å². The molecule has 0 aliphatic heterocycles. The minimum absolute atomic E-state index is 0.0817. The Morgan fingerprint density at radius 1 is 1.09 bits per heavy atom. The highest BCUT2D eigenvalue weighted by atomic mass is 79.9. The molecule has 0 radical (unpaired) electrons. The molecule has 0 aliphatic rings. The first-order chi connectivity index (χ1) is 11.0. The second kappa shape index (κ2) is 8.31. The molecule has 0 unspecified atom stereocenters. The summed E-state index contributed by atoms with van der Waals surface area (Å²) < 4.78 is 25.0. The fourth-order valence-corrected chi connectivity index (χ4v) is 2.62. The van der Waals surface area contributed by atoms with Gasteiger partial charge in [-0.05, 0) is 49.2 Å². The Kier molecular flexibility index (Phi) is 6.42. The maximum absolute atomic E-state index is 12.9. The van der Waals surface area contributed by atoms with E-state index >= 15 is 0 Å². The monoisotopic (exact) mass is 381 g/mol. The van der Waals surface area contributed by atoms with Crippen LogP contribution in [0.25, 0.3) is 0 Å². The lowest BCUT2D eigenvalue weighted by molar-refractivity contribution is 0.230. The van der Waals surface area contributed by atoms with Gasteiger partial charge in [-0.2, -0.15) is 0 Å². The van der Waals surface area contributed by atoms with Crippen molar-refractivity contribution >= 4 is 15.9 Å². The van der Waals surface area contributed by atoms with Crippen molar-refractivity contribution in [2.75, 3.05) is 7.11 Å². The molecule has 1 N–H and O–H groups in total. The molecule has 5 heteroatoms. The van der Waals surface area contributed by atoms with Crippen molar-refractivity contribution in [1.29, 1.82) is 0 Å². The third-order valence-electron chi connectivity index (χ3n) is 3.25. The standard InChI is InChI=1S/C18H21BrFNO2/c1-12(2)23-18-9-16(19)14(8-17(18)22-3)11-21-10-13-4-6-15(20)7-5-13/h4-9,12,21H,10-11H2,1-3H3. The van der Waals surface area contributed by atoms with E-state index in [4.69, 9.17) is 9.47 Å². The minimum Gasteiger partial charge on any atom is -0.493 e. The van der Waals surface area contributed by atoms with Crippen LogP contribution in [0.5, 0.6) is 11.5 Å². The molecule has 0 amide bonds. The van der Waals surface area contributed by atoms with Crippen molar-refractivity contribution in [3.05, 3.63) is 57.8 Å². The number of rotatable bonds is 7. The van der Waals surface area contributed by atoms with Gasteiger partial charge in [0.15, 0.2) is 11.5 Å². The SMILES string of the molecule is COc1cc(CNCc2ccc(F)cc2)c(Br)cc1OC(C)C. The molecule has 0 heterocycles. The van der Waals surface area contributed by atoms with Gasteiger partial charge in [0.1, 0.15) is 5.82 Å². The summed E-state index contributed by atoms with van der Waals surface area (Å²) in [7, 11) is 1.63. The number of methoxy groups -OCH3 is 1. The lowest BCUT2D eigenvalue weighted by atomic mass is 10.1. The average Bonchev–Trinajstić information content (AvgIpc) is 2.50. The molecule has 0 bridgehead atoms. The normalized spacial score (nSPS) is 10.9. The van der Waals surface area contributed by atoms with Crippen LogP contribution in [0, 0.1) is 5.82 Å².